The summed E-state index contributed by atoms with van der Waals surface area (Å²) < 4.78 is 42.1. The van der Waals surface area contributed by atoms with E-state index in [0.717, 1.165) is 11.1 Å². The van der Waals surface area contributed by atoms with Gasteiger partial charge in [-0.3, -0.25) is 4.57 Å². The molecule has 0 atom stereocenters. The molecule has 8 heteroatoms. The van der Waals surface area contributed by atoms with Crippen LogP contribution in [-0.4, -0.2) is 25.3 Å². The van der Waals surface area contributed by atoms with Crippen LogP contribution in [0.25, 0.3) is 6.08 Å². The Balaban J connectivity index is 1.99. The third kappa shape index (κ3) is 8.59. The van der Waals surface area contributed by atoms with Gasteiger partial charge in [0.25, 0.3) is 0 Å². The van der Waals surface area contributed by atoms with Crippen LogP contribution in [0.3, 0.4) is 0 Å². The third-order valence-corrected chi connectivity index (χ3v) is 7.29. The van der Waals surface area contributed by atoms with Crippen molar-refractivity contribution in [1.82, 2.24) is 0 Å². The Morgan fingerprint density at radius 2 is 1.32 bits per heavy atom. The summed E-state index contributed by atoms with van der Waals surface area (Å²) in [5, 5.41) is -0.179. The van der Waals surface area contributed by atoms with Crippen LogP contribution in [-0.2, 0) is 36.4 Å². The van der Waals surface area contributed by atoms with E-state index < -0.39 is 19.7 Å². The normalized spacial score (nSPS) is 11.9. The zero-order chi connectivity index (χ0) is 27.4. The second-order valence-corrected chi connectivity index (χ2v) is 10.6. The lowest BCUT2D eigenvalue weighted by atomic mass is 10.1. The topological polar surface area (TPSA) is 80.3 Å². The number of carbonyl (C=O) groups is 1. The lowest BCUT2D eigenvalue weighted by Gasteiger charge is -2.20. The molecule has 0 N–H and O–H groups in total. The summed E-state index contributed by atoms with van der Waals surface area (Å²) in [5.74, 6) is 0.241. The molecule has 38 heavy (non-hydrogen) atoms. The number of benzene rings is 3. The van der Waals surface area contributed by atoms with Crippen LogP contribution >= 0.6 is 7.60 Å². The summed E-state index contributed by atoms with van der Waals surface area (Å²) in [7, 11) is -3.94. The van der Waals surface area contributed by atoms with Crippen molar-refractivity contribution in [1.29, 1.82) is 0 Å². The molecule has 0 radical (unpaired) electrons. The second kappa shape index (κ2) is 14.5. The smallest absolute Gasteiger partial charge is 0.368 e. The van der Waals surface area contributed by atoms with Crippen molar-refractivity contribution in [3.05, 3.63) is 101 Å². The zero-order valence-electron chi connectivity index (χ0n) is 22.3. The first kappa shape index (κ1) is 29.2. The highest BCUT2D eigenvalue weighted by molar-refractivity contribution is 7.60. The SMILES string of the molecule is CCOP(=O)(OCC)C(=Cc1ccc(OCc2ccccc2)c(OCc2ccccc2)c1)C(=O)OC(C)C. The molecule has 0 amide bonds. The minimum atomic E-state index is -3.94. The Morgan fingerprint density at radius 3 is 1.82 bits per heavy atom. The Hall–Kier alpha value is -3.38. The van der Waals surface area contributed by atoms with Crippen LogP contribution in [0.4, 0.5) is 0 Å². The maximum Gasteiger partial charge on any atom is 0.368 e. The van der Waals surface area contributed by atoms with Crippen LogP contribution in [0.5, 0.6) is 11.5 Å². The van der Waals surface area contributed by atoms with Gasteiger partial charge in [0.1, 0.15) is 18.5 Å². The van der Waals surface area contributed by atoms with Gasteiger partial charge in [0, 0.05) is 0 Å². The summed E-state index contributed by atoms with van der Waals surface area (Å²) >= 11 is 0. The highest BCUT2D eigenvalue weighted by atomic mass is 31.2. The van der Waals surface area contributed by atoms with Gasteiger partial charge >= 0.3 is 13.6 Å². The fraction of sp³-hybridized carbons (Fsp3) is 0.300. The molecule has 3 aromatic rings. The average molecular weight is 539 g/mol. The first-order valence-corrected chi connectivity index (χ1v) is 14.2. The first-order chi connectivity index (χ1) is 18.3. The van der Waals surface area contributed by atoms with Crippen molar-refractivity contribution < 1.29 is 32.6 Å². The molecule has 7 nitrogen and oxygen atoms in total. The Morgan fingerprint density at radius 1 is 0.789 bits per heavy atom. The molecule has 0 unspecified atom stereocenters. The van der Waals surface area contributed by atoms with Crippen molar-refractivity contribution in [2.24, 2.45) is 0 Å². The van der Waals surface area contributed by atoms with E-state index in [4.69, 9.17) is 23.3 Å². The maximum absolute atomic E-state index is 13.6. The molecule has 0 fully saturated rings. The minimum absolute atomic E-state index is 0.0985. The predicted molar refractivity (Wildman–Crippen MR) is 148 cm³/mol. The molecule has 0 aromatic heterocycles. The molecule has 0 aliphatic carbocycles. The quantitative estimate of drug-likeness (QED) is 0.120. The van der Waals surface area contributed by atoms with E-state index in [0.29, 0.717) is 30.3 Å². The third-order valence-electron chi connectivity index (χ3n) is 5.19. The van der Waals surface area contributed by atoms with Crippen molar-refractivity contribution in [2.75, 3.05) is 13.2 Å². The number of rotatable bonds is 14. The van der Waals surface area contributed by atoms with Crippen LogP contribution in [0.15, 0.2) is 84.2 Å². The largest absolute Gasteiger partial charge is 0.485 e. The number of ether oxygens (including phenoxy) is 3. The molecule has 0 saturated carbocycles. The van der Waals surface area contributed by atoms with E-state index in [1.54, 1.807) is 45.9 Å². The van der Waals surface area contributed by atoms with Gasteiger partial charge in [0.05, 0.1) is 19.3 Å². The number of hydrogen-bond acceptors (Lipinski definition) is 7. The van der Waals surface area contributed by atoms with Gasteiger partial charge in [0.15, 0.2) is 11.5 Å². The van der Waals surface area contributed by atoms with Crippen LogP contribution in [0.2, 0.25) is 0 Å². The minimum Gasteiger partial charge on any atom is -0.485 e. The van der Waals surface area contributed by atoms with Crippen molar-refractivity contribution in [3.63, 3.8) is 0 Å². The van der Waals surface area contributed by atoms with Gasteiger partial charge < -0.3 is 23.3 Å². The predicted octanol–water partition coefficient (Wildman–Crippen LogP) is 7.40. The molecule has 0 aliphatic rings. The van der Waals surface area contributed by atoms with Gasteiger partial charge in [-0.1, -0.05) is 66.7 Å². The molecule has 0 spiro atoms. The highest BCUT2D eigenvalue weighted by Crippen LogP contribution is 2.57. The van der Waals surface area contributed by atoms with Crippen molar-refractivity contribution in [2.45, 2.75) is 47.0 Å². The van der Waals surface area contributed by atoms with Gasteiger partial charge in [-0.15, -0.1) is 0 Å². The lowest BCUT2D eigenvalue weighted by Crippen LogP contribution is -2.15. The van der Waals surface area contributed by atoms with Crippen LogP contribution in [0, 0.1) is 0 Å². The number of hydrogen-bond donors (Lipinski definition) is 0. The van der Waals surface area contributed by atoms with Crippen molar-refractivity contribution in [3.8, 4) is 11.5 Å². The van der Waals surface area contributed by atoms with Gasteiger partial charge in [-0.05, 0) is 62.6 Å². The lowest BCUT2D eigenvalue weighted by molar-refractivity contribution is -0.141. The monoisotopic (exact) mass is 538 g/mol. The summed E-state index contributed by atoms with van der Waals surface area (Å²) in [6, 6.07) is 24.8. The maximum atomic E-state index is 13.6. The summed E-state index contributed by atoms with van der Waals surface area (Å²) in [4.78, 5) is 13.0. The number of carbonyl (C=O) groups excluding carboxylic acids is 1. The van der Waals surface area contributed by atoms with Crippen LogP contribution in [0.1, 0.15) is 44.4 Å². The van der Waals surface area contributed by atoms with E-state index in [1.807, 2.05) is 60.7 Å². The molecular formula is C30H35O7P. The number of esters is 1. The highest BCUT2D eigenvalue weighted by Gasteiger charge is 2.36. The van der Waals surface area contributed by atoms with Gasteiger partial charge in [-0.2, -0.15) is 0 Å². The summed E-state index contributed by atoms with van der Waals surface area (Å²) in [6.45, 7) is 7.67. The van der Waals surface area contributed by atoms with E-state index >= 15 is 0 Å². The van der Waals surface area contributed by atoms with E-state index in [9.17, 15) is 9.36 Å². The van der Waals surface area contributed by atoms with Gasteiger partial charge in [0.2, 0.25) is 0 Å². The first-order valence-electron chi connectivity index (χ1n) is 12.6. The Labute approximate surface area is 224 Å². The average Bonchev–Trinajstić information content (AvgIpc) is 2.91. The second-order valence-electron chi connectivity index (χ2n) is 8.57. The van der Waals surface area contributed by atoms with Gasteiger partial charge in [-0.25, -0.2) is 4.79 Å². The van der Waals surface area contributed by atoms with Crippen LogP contribution < -0.4 is 9.47 Å². The standard InChI is InChI=1S/C30H35O7P/c1-5-35-38(32,36-6-2)29(30(31)37-23(3)4)20-26-17-18-27(33-21-24-13-9-7-10-14-24)28(19-26)34-22-25-15-11-8-12-16-25/h7-20,23H,5-6,21-22H2,1-4H3. The zero-order valence-corrected chi connectivity index (χ0v) is 23.2. The summed E-state index contributed by atoms with van der Waals surface area (Å²) in [5.41, 5.74) is 2.55. The van der Waals surface area contributed by atoms with Crippen molar-refractivity contribution >= 4 is 19.6 Å². The Bertz CT molecular complexity index is 1230. The molecular weight excluding hydrogens is 503 g/mol. The molecule has 0 saturated heterocycles. The molecule has 0 heterocycles. The molecule has 3 aromatic carbocycles. The molecule has 202 valence electrons. The fourth-order valence-corrected chi connectivity index (χ4v) is 5.13. The summed E-state index contributed by atoms with van der Waals surface area (Å²) in [6.07, 6.45) is 1.05. The molecule has 0 bridgehead atoms. The Kier molecular flexibility index (Phi) is 11.2. The van der Waals surface area contributed by atoms with E-state index in [2.05, 4.69) is 0 Å². The molecule has 0 aliphatic heterocycles. The van der Waals surface area contributed by atoms with E-state index in [-0.39, 0.29) is 18.5 Å². The van der Waals surface area contributed by atoms with E-state index in [1.165, 1.54) is 6.08 Å². The fourth-order valence-electron chi connectivity index (χ4n) is 3.52. The molecule has 3 rings (SSSR count).